The number of imide groups is 1. The summed E-state index contributed by atoms with van der Waals surface area (Å²) in [5.41, 5.74) is 11.0. The number of aryl methyl sites for hydroxylation is 1. The number of hydrogen-bond acceptors (Lipinski definition) is 15. The first-order chi connectivity index (χ1) is 28.2. The van der Waals surface area contributed by atoms with Crippen molar-refractivity contribution in [2.24, 2.45) is 22.4 Å². The van der Waals surface area contributed by atoms with Crippen molar-refractivity contribution in [3.05, 3.63) is 86.8 Å². The Morgan fingerprint density at radius 2 is 1.85 bits per heavy atom. The number of aliphatic imine (C=N–C) groups is 1. The van der Waals surface area contributed by atoms with Crippen molar-refractivity contribution in [2.75, 3.05) is 33.9 Å². The van der Waals surface area contributed by atoms with Crippen molar-refractivity contribution < 1.29 is 58.9 Å². The number of carbonyl (C=O) groups excluding carboxylic acids is 4. The number of methoxy groups -OCH3 is 1. The topological polar surface area (TPSA) is 289 Å². The minimum absolute atomic E-state index is 0.0108. The molecule has 18 nitrogen and oxygen atoms in total. The molecule has 0 aromatic heterocycles. The second kappa shape index (κ2) is 16.1. The lowest BCUT2D eigenvalue weighted by Crippen LogP contribution is -2.68. The molecule has 2 aromatic carbocycles. The number of fused-ring (bicyclic) bond motifs is 3. The maximum atomic E-state index is 14.7. The van der Waals surface area contributed by atoms with Gasteiger partial charge in [-0.2, -0.15) is 0 Å². The zero-order valence-corrected chi connectivity index (χ0v) is 32.7. The van der Waals surface area contributed by atoms with E-state index in [4.69, 9.17) is 25.7 Å². The number of ether oxygens (including phenoxy) is 3. The number of nitrogens with two attached hydrogens (primary N) is 2. The lowest BCUT2D eigenvalue weighted by atomic mass is 9.75. The summed E-state index contributed by atoms with van der Waals surface area (Å²) >= 11 is 0. The molecule has 11 N–H and O–H groups in total. The highest BCUT2D eigenvalue weighted by Gasteiger charge is 2.57. The second-order valence-electron chi connectivity index (χ2n) is 15.2. The number of phenols is 1. The van der Waals surface area contributed by atoms with E-state index >= 15 is 0 Å². The lowest BCUT2D eigenvalue weighted by Gasteiger charge is -2.49. The lowest BCUT2D eigenvalue weighted by molar-refractivity contribution is -0.316. The van der Waals surface area contributed by atoms with Gasteiger partial charge in [0.2, 0.25) is 12.1 Å². The number of hydrogen-bond donors (Lipinski definition) is 9. The predicted octanol–water partition coefficient (Wildman–Crippen LogP) is -0.540. The Labute approximate surface area is 338 Å². The van der Waals surface area contributed by atoms with E-state index in [0.717, 1.165) is 17.1 Å². The molecule has 18 heteroatoms. The Kier molecular flexibility index (Phi) is 11.3. The number of aliphatic hydroxyl groups excluding tert-OH is 3. The van der Waals surface area contributed by atoms with E-state index in [1.54, 1.807) is 25.1 Å². The summed E-state index contributed by atoms with van der Waals surface area (Å²) in [4.78, 5) is 59.3. The van der Waals surface area contributed by atoms with Gasteiger partial charge in [0, 0.05) is 66.5 Å². The monoisotopic (exact) mass is 816 g/mol. The number of allylic oxidation sites excluding steroid dienone is 1. The first-order valence-electron chi connectivity index (χ1n) is 19.3. The van der Waals surface area contributed by atoms with Crippen molar-refractivity contribution in [3.8, 4) is 17.2 Å². The first kappa shape index (κ1) is 41.4. The zero-order chi connectivity index (χ0) is 42.5. The highest BCUT2D eigenvalue weighted by atomic mass is 16.7. The number of ketones is 2. The van der Waals surface area contributed by atoms with Gasteiger partial charge in [0.15, 0.2) is 11.7 Å². The van der Waals surface area contributed by atoms with Crippen LogP contribution in [0.1, 0.15) is 80.8 Å². The number of benzene rings is 2. The number of guanidine groups is 1. The van der Waals surface area contributed by atoms with Crippen LogP contribution < -0.4 is 31.6 Å². The molecule has 2 amide bonds. The van der Waals surface area contributed by atoms with Crippen molar-refractivity contribution in [2.45, 2.75) is 75.3 Å². The summed E-state index contributed by atoms with van der Waals surface area (Å²) in [5, 5.41) is 63.9. The van der Waals surface area contributed by atoms with Crippen molar-refractivity contribution in [1.29, 1.82) is 0 Å². The summed E-state index contributed by atoms with van der Waals surface area (Å²) in [7, 11) is 2.87. The van der Waals surface area contributed by atoms with Crippen molar-refractivity contribution in [1.82, 2.24) is 15.5 Å². The van der Waals surface area contributed by atoms with E-state index in [-0.39, 0.29) is 65.0 Å². The average molecular weight is 817 g/mol. The molecule has 5 aliphatic rings. The largest absolute Gasteiger partial charge is 0.507 e. The van der Waals surface area contributed by atoms with Crippen LogP contribution in [-0.4, -0.2) is 124 Å². The zero-order valence-electron chi connectivity index (χ0n) is 32.7. The first-order valence-corrected chi connectivity index (χ1v) is 19.3. The summed E-state index contributed by atoms with van der Waals surface area (Å²) in [6.07, 6.45) is -0.540. The summed E-state index contributed by atoms with van der Waals surface area (Å²) in [6, 6.07) is 2.43. The van der Waals surface area contributed by atoms with Gasteiger partial charge in [-0.1, -0.05) is 13.0 Å². The number of amides is 2. The minimum Gasteiger partial charge on any atom is -0.507 e. The highest BCUT2D eigenvalue weighted by Crippen LogP contribution is 2.48. The molecular weight excluding hydrogens is 768 g/mol. The molecule has 0 saturated carbocycles. The van der Waals surface area contributed by atoms with E-state index in [2.05, 4.69) is 15.6 Å². The minimum atomic E-state index is -2.42. The Bertz CT molecular complexity index is 2210. The molecule has 0 radical (unpaired) electrons. The van der Waals surface area contributed by atoms with Crippen LogP contribution in [0.15, 0.2) is 52.8 Å². The van der Waals surface area contributed by atoms with Crippen LogP contribution in [0.3, 0.4) is 0 Å². The molecule has 314 valence electrons. The fourth-order valence-corrected chi connectivity index (χ4v) is 8.85. The molecule has 0 unspecified atom stereocenters. The van der Waals surface area contributed by atoms with Crippen LogP contribution in [0.5, 0.6) is 17.2 Å². The molecule has 59 heavy (non-hydrogen) atoms. The van der Waals surface area contributed by atoms with E-state index in [1.807, 2.05) is 0 Å². The molecule has 7 rings (SSSR count). The smallest absolute Gasteiger partial charge is 0.253 e. The third-order valence-electron chi connectivity index (χ3n) is 11.8. The molecule has 0 spiro atoms. The maximum absolute atomic E-state index is 14.7. The van der Waals surface area contributed by atoms with Crippen LogP contribution in [-0.2, 0) is 27.2 Å². The van der Waals surface area contributed by atoms with Crippen molar-refractivity contribution in [3.63, 3.8) is 0 Å². The number of rotatable bonds is 11. The molecule has 3 heterocycles. The Morgan fingerprint density at radius 1 is 1.12 bits per heavy atom. The van der Waals surface area contributed by atoms with E-state index in [1.165, 1.54) is 20.2 Å². The summed E-state index contributed by atoms with van der Waals surface area (Å²) in [5.74, 6) is -3.54. The standard InChI is InChI=1S/C41H48N6O12/c1-4-21-24(57-3)14-25(33-31(21)34(51)22-12-19-6-5-7-23(46-40(43)44-2)30(19)35(52)32(22)36(33)53)58-39-37(54)38(55)41(56,26(17-48)59-39)15-20(18-10-11-45-27(42)13-18)16-47-28(49)8-9-29(47)50/h8-10,12-14,20,23,26,37-39,45,48,52,54-56H,4-7,11,15-17,42H2,1-3H3,(H3,43,44,46)/t20-,23-,26-,37-,38-,39-,41-/m1/s1. The fraction of sp³-hybridized carbons (Fsp3) is 0.439. The summed E-state index contributed by atoms with van der Waals surface area (Å²) in [6.45, 7) is 0.900. The number of aliphatic hydroxyl groups is 4. The number of nitrogens with one attached hydrogen (secondary N) is 2. The van der Waals surface area contributed by atoms with Gasteiger partial charge >= 0.3 is 0 Å². The molecular formula is C41H48N6O12. The second-order valence-corrected chi connectivity index (χ2v) is 15.2. The Morgan fingerprint density at radius 3 is 2.49 bits per heavy atom. The normalized spacial score (nSPS) is 27.0. The van der Waals surface area contributed by atoms with Gasteiger partial charge in [-0.05, 0) is 55.4 Å². The van der Waals surface area contributed by atoms with Gasteiger partial charge in [-0.25, -0.2) is 0 Å². The highest BCUT2D eigenvalue weighted by molar-refractivity contribution is 6.31. The van der Waals surface area contributed by atoms with Crippen LogP contribution in [0.2, 0.25) is 0 Å². The number of aromatic hydroxyl groups is 1. The number of carbonyl (C=O) groups is 4. The van der Waals surface area contributed by atoms with Crippen LogP contribution >= 0.6 is 0 Å². The third-order valence-corrected chi connectivity index (χ3v) is 11.8. The molecule has 0 bridgehead atoms. The SMILES string of the molecule is CCc1c(OC)cc(O[C@@H]2O[C@H](CO)[C@](O)(C[C@H](CN3C(=O)C=CC3=O)C3=CCNC(N)=C3)[C@H](O)[C@H]2O)c2c1C(=O)c1cc3c(c(O)c1C2=O)[C@H](NC(N)=NC)CCC3. The predicted molar refractivity (Wildman–Crippen MR) is 209 cm³/mol. The number of phenolic OH excluding ortho intramolecular Hbond substituents is 1. The molecule has 3 aliphatic heterocycles. The molecule has 2 aromatic rings. The van der Waals surface area contributed by atoms with Crippen molar-refractivity contribution >= 4 is 29.3 Å². The van der Waals surface area contributed by atoms with E-state index in [9.17, 15) is 44.7 Å². The maximum Gasteiger partial charge on any atom is 0.253 e. The Hall–Kier alpha value is -5.79. The van der Waals surface area contributed by atoms with Crippen LogP contribution in [0, 0.1) is 5.92 Å². The number of dihydropyridines is 1. The third kappa shape index (κ3) is 7.09. The van der Waals surface area contributed by atoms with Gasteiger partial charge < -0.3 is 61.8 Å². The van der Waals surface area contributed by atoms with E-state index in [0.29, 0.717) is 41.5 Å². The average Bonchev–Trinajstić information content (AvgIpc) is 3.54. The van der Waals surface area contributed by atoms with Gasteiger partial charge in [0.05, 0.1) is 36.7 Å². The van der Waals surface area contributed by atoms with Gasteiger partial charge in [0.25, 0.3) is 11.8 Å². The van der Waals surface area contributed by atoms with Gasteiger partial charge in [-0.3, -0.25) is 29.1 Å². The van der Waals surface area contributed by atoms with Gasteiger partial charge in [-0.15, -0.1) is 0 Å². The molecule has 1 fully saturated rings. The quantitative estimate of drug-likeness (QED) is 0.0667. The fourth-order valence-electron chi connectivity index (χ4n) is 8.85. The number of nitrogens with zero attached hydrogens (tertiary/aromatic N) is 2. The molecule has 1 saturated heterocycles. The van der Waals surface area contributed by atoms with Crippen LogP contribution in [0.25, 0.3) is 0 Å². The van der Waals surface area contributed by atoms with E-state index < -0.39 is 84.3 Å². The Balaban J connectivity index is 1.25. The molecule has 2 aliphatic carbocycles. The summed E-state index contributed by atoms with van der Waals surface area (Å²) < 4.78 is 17.8. The van der Waals surface area contributed by atoms with Crippen LogP contribution in [0.4, 0.5) is 0 Å². The molecule has 7 atom stereocenters. The van der Waals surface area contributed by atoms with Gasteiger partial charge in [0.1, 0.15) is 41.2 Å².